The molecule has 2 amide bonds. The molecule has 0 fully saturated rings. The quantitative estimate of drug-likeness (QED) is 0.132. The number of rotatable bonds is 14. The molecule has 0 unspecified atom stereocenters. The van der Waals surface area contributed by atoms with Gasteiger partial charge in [-0.25, -0.2) is 8.42 Å². The van der Waals surface area contributed by atoms with Crippen LogP contribution in [0.15, 0.2) is 107 Å². The molecule has 0 radical (unpaired) electrons. The number of ether oxygens (including phenoxy) is 1. The summed E-state index contributed by atoms with van der Waals surface area (Å²) in [5.41, 5.74) is 1.02. The predicted octanol–water partition coefficient (Wildman–Crippen LogP) is 7.86. The van der Waals surface area contributed by atoms with Crippen LogP contribution >= 0.6 is 35.0 Å². The fourth-order valence-electron chi connectivity index (χ4n) is 5.17. The van der Waals surface area contributed by atoms with Crippen LogP contribution in [0.25, 0.3) is 0 Å². The molecule has 8 nitrogen and oxygen atoms in total. The number of amides is 2. The zero-order valence-electron chi connectivity index (χ0n) is 28.2. The third-order valence-electron chi connectivity index (χ3n) is 7.47. The van der Waals surface area contributed by atoms with Gasteiger partial charge in [0.1, 0.15) is 18.3 Å². The Kier molecular flexibility index (Phi) is 13.1. The lowest BCUT2D eigenvalue weighted by Crippen LogP contribution is -2.56. The van der Waals surface area contributed by atoms with Gasteiger partial charge in [-0.15, -0.1) is 11.8 Å². The van der Waals surface area contributed by atoms with Crippen molar-refractivity contribution in [3.8, 4) is 5.75 Å². The maximum atomic E-state index is 14.8. The molecular formula is C37H41Cl2N3O5S2. The fourth-order valence-corrected chi connectivity index (χ4v) is 7.32. The molecule has 0 aliphatic heterocycles. The number of benzene rings is 4. The molecule has 0 aromatic heterocycles. The average molecular weight is 743 g/mol. The second-order valence-electron chi connectivity index (χ2n) is 12.3. The van der Waals surface area contributed by atoms with Gasteiger partial charge in [0.2, 0.25) is 11.8 Å². The number of halogens is 2. The summed E-state index contributed by atoms with van der Waals surface area (Å²) in [4.78, 5) is 31.2. The molecule has 1 atom stereocenters. The average Bonchev–Trinajstić information content (AvgIpc) is 3.07. The van der Waals surface area contributed by atoms with E-state index in [1.807, 2.05) is 57.4 Å². The largest absolute Gasteiger partial charge is 0.492 e. The van der Waals surface area contributed by atoms with E-state index in [0.717, 1.165) is 14.8 Å². The molecule has 12 heteroatoms. The Labute approximate surface area is 303 Å². The zero-order valence-corrected chi connectivity index (χ0v) is 31.3. The molecule has 0 saturated carbocycles. The van der Waals surface area contributed by atoms with Gasteiger partial charge in [0.15, 0.2) is 0 Å². The van der Waals surface area contributed by atoms with Crippen molar-refractivity contribution in [1.82, 2.24) is 10.2 Å². The molecule has 0 spiro atoms. The Balaban J connectivity index is 1.87. The van der Waals surface area contributed by atoms with Crippen LogP contribution in [0, 0.1) is 0 Å². The molecule has 4 aromatic rings. The molecule has 49 heavy (non-hydrogen) atoms. The van der Waals surface area contributed by atoms with Crippen molar-refractivity contribution >= 4 is 62.5 Å². The molecule has 0 aliphatic carbocycles. The van der Waals surface area contributed by atoms with Crippen LogP contribution in [-0.2, 0) is 32.6 Å². The summed E-state index contributed by atoms with van der Waals surface area (Å²) in [5, 5.41) is 3.65. The second kappa shape index (κ2) is 16.8. The molecule has 1 N–H and O–H groups in total. The van der Waals surface area contributed by atoms with Crippen molar-refractivity contribution in [2.45, 2.75) is 62.0 Å². The Bertz CT molecular complexity index is 1850. The van der Waals surface area contributed by atoms with Gasteiger partial charge in [-0.1, -0.05) is 71.7 Å². The van der Waals surface area contributed by atoms with Crippen molar-refractivity contribution in [3.05, 3.63) is 118 Å². The van der Waals surface area contributed by atoms with Gasteiger partial charge in [-0.05, 0) is 93.6 Å². The summed E-state index contributed by atoms with van der Waals surface area (Å²) in [6.07, 6.45) is 2.07. The monoisotopic (exact) mass is 741 g/mol. The molecule has 0 saturated heterocycles. The van der Waals surface area contributed by atoms with E-state index < -0.39 is 34.1 Å². The summed E-state index contributed by atoms with van der Waals surface area (Å²) in [7, 11) is -4.31. The van der Waals surface area contributed by atoms with E-state index in [1.54, 1.807) is 61.5 Å². The standard InChI is InChI=1S/C37H41Cl2N3O5S2/c1-6-47-34-15-11-10-14-32(34)42(49(45,46)29-19-17-28(48-5)18-20-29)25-35(43)41(24-27-16-21-30(38)31(39)22-27)33(36(44)40-37(2,3)4)23-26-12-8-7-9-13-26/h7-22,33H,6,23-25H2,1-5H3,(H,40,44)/t33-/m0/s1. The van der Waals surface area contributed by atoms with Gasteiger partial charge < -0.3 is 15.0 Å². The van der Waals surface area contributed by atoms with Gasteiger partial charge in [-0.2, -0.15) is 0 Å². The van der Waals surface area contributed by atoms with Crippen molar-refractivity contribution in [1.29, 1.82) is 0 Å². The Morgan fingerprint density at radius 3 is 2.14 bits per heavy atom. The highest BCUT2D eigenvalue weighted by molar-refractivity contribution is 7.98. The fraction of sp³-hybridized carbons (Fsp3) is 0.297. The second-order valence-corrected chi connectivity index (χ2v) is 15.9. The molecule has 0 aliphatic rings. The van der Waals surface area contributed by atoms with Gasteiger partial charge >= 0.3 is 0 Å². The number of hydrogen-bond donors (Lipinski definition) is 1. The van der Waals surface area contributed by atoms with Crippen LogP contribution in [0.2, 0.25) is 10.0 Å². The molecular weight excluding hydrogens is 701 g/mol. The number of anilines is 1. The highest BCUT2D eigenvalue weighted by Crippen LogP contribution is 2.34. The summed E-state index contributed by atoms with van der Waals surface area (Å²) >= 11 is 14.1. The zero-order chi connectivity index (χ0) is 35.8. The third-order valence-corrected chi connectivity index (χ3v) is 10.7. The SMILES string of the molecule is CCOc1ccccc1N(CC(=O)N(Cc1ccc(Cl)c(Cl)c1)[C@@H](Cc1ccccc1)C(=O)NC(C)(C)C)S(=O)(=O)c1ccc(SC)cc1. The molecule has 0 bridgehead atoms. The van der Waals surface area contributed by atoms with Crippen LogP contribution in [0.3, 0.4) is 0 Å². The normalized spacial score (nSPS) is 12.2. The van der Waals surface area contributed by atoms with Crippen LogP contribution in [-0.4, -0.2) is 56.1 Å². The highest BCUT2D eigenvalue weighted by atomic mass is 35.5. The number of sulfonamides is 1. The first-order valence-electron chi connectivity index (χ1n) is 15.7. The first-order chi connectivity index (χ1) is 23.2. The van der Waals surface area contributed by atoms with E-state index in [1.165, 1.54) is 28.8 Å². The number of nitrogens with zero attached hydrogens (tertiary/aromatic N) is 2. The predicted molar refractivity (Wildman–Crippen MR) is 199 cm³/mol. The first kappa shape index (κ1) is 38.1. The maximum Gasteiger partial charge on any atom is 0.264 e. The summed E-state index contributed by atoms with van der Waals surface area (Å²) < 4.78 is 35.8. The summed E-state index contributed by atoms with van der Waals surface area (Å²) in [5.74, 6) is -0.697. The number of carbonyl (C=O) groups is 2. The summed E-state index contributed by atoms with van der Waals surface area (Å²) in [6.45, 7) is 6.98. The van der Waals surface area contributed by atoms with Gasteiger partial charge in [-0.3, -0.25) is 13.9 Å². The van der Waals surface area contributed by atoms with Crippen molar-refractivity contribution < 1.29 is 22.7 Å². The lowest BCUT2D eigenvalue weighted by Gasteiger charge is -2.35. The minimum Gasteiger partial charge on any atom is -0.492 e. The van der Waals surface area contributed by atoms with E-state index in [-0.39, 0.29) is 41.1 Å². The van der Waals surface area contributed by atoms with E-state index in [9.17, 15) is 18.0 Å². The lowest BCUT2D eigenvalue weighted by molar-refractivity contribution is -0.140. The minimum absolute atomic E-state index is 0.00625. The van der Waals surface area contributed by atoms with Crippen LogP contribution < -0.4 is 14.4 Å². The Hall–Kier alpha value is -3.70. The molecule has 0 heterocycles. The number of para-hydroxylation sites is 2. The molecule has 260 valence electrons. The van der Waals surface area contributed by atoms with Crippen LogP contribution in [0.4, 0.5) is 5.69 Å². The lowest BCUT2D eigenvalue weighted by atomic mass is 10.0. The van der Waals surface area contributed by atoms with Crippen molar-refractivity contribution in [2.24, 2.45) is 0 Å². The van der Waals surface area contributed by atoms with E-state index >= 15 is 0 Å². The number of carbonyl (C=O) groups excluding carboxylic acids is 2. The van der Waals surface area contributed by atoms with Crippen molar-refractivity contribution in [2.75, 3.05) is 23.7 Å². The van der Waals surface area contributed by atoms with E-state index in [0.29, 0.717) is 16.3 Å². The topological polar surface area (TPSA) is 96.0 Å². The highest BCUT2D eigenvalue weighted by Gasteiger charge is 2.36. The maximum absolute atomic E-state index is 14.8. The Morgan fingerprint density at radius 2 is 1.53 bits per heavy atom. The van der Waals surface area contributed by atoms with Gasteiger partial charge in [0, 0.05) is 23.4 Å². The smallest absolute Gasteiger partial charge is 0.264 e. The first-order valence-corrected chi connectivity index (χ1v) is 19.1. The van der Waals surface area contributed by atoms with E-state index in [4.69, 9.17) is 27.9 Å². The van der Waals surface area contributed by atoms with E-state index in [2.05, 4.69) is 5.32 Å². The van der Waals surface area contributed by atoms with Crippen LogP contribution in [0.1, 0.15) is 38.8 Å². The summed E-state index contributed by atoms with van der Waals surface area (Å²) in [6, 6.07) is 26.5. The number of thioether (sulfide) groups is 1. The van der Waals surface area contributed by atoms with Gasteiger partial charge in [0.25, 0.3) is 10.0 Å². The van der Waals surface area contributed by atoms with Crippen molar-refractivity contribution in [3.63, 3.8) is 0 Å². The molecule has 4 aromatic carbocycles. The molecule has 4 rings (SSSR count). The van der Waals surface area contributed by atoms with Crippen LogP contribution in [0.5, 0.6) is 5.75 Å². The minimum atomic E-state index is -4.31. The van der Waals surface area contributed by atoms with Gasteiger partial charge in [0.05, 0.1) is 27.2 Å². The number of nitrogens with one attached hydrogen (secondary N) is 1. The third kappa shape index (κ3) is 10.2. The number of hydrogen-bond acceptors (Lipinski definition) is 6. The Morgan fingerprint density at radius 1 is 0.878 bits per heavy atom.